The highest BCUT2D eigenvalue weighted by atomic mass is 16.5. The number of nitrogens with one attached hydrogen (secondary N) is 1. The zero-order chi connectivity index (χ0) is 15.4. The van der Waals surface area contributed by atoms with Crippen LogP contribution in [0.5, 0.6) is 0 Å². The molecule has 0 bridgehead atoms. The summed E-state index contributed by atoms with van der Waals surface area (Å²) in [4.78, 5) is 25.3. The van der Waals surface area contributed by atoms with Gasteiger partial charge in [0, 0.05) is 45.5 Å². The SMILES string of the molecule is CN1CCN(c2nccc(C(=O)NCC3CCCO3)n2)CC1. The maximum Gasteiger partial charge on any atom is 0.270 e. The molecule has 0 aliphatic carbocycles. The number of hydrogen-bond donors (Lipinski definition) is 1. The number of likely N-dealkylation sites (N-methyl/N-ethyl adjacent to an activating group) is 1. The van der Waals surface area contributed by atoms with Crippen LogP contribution in [0.4, 0.5) is 5.95 Å². The molecule has 3 heterocycles. The molecule has 3 rings (SSSR count). The summed E-state index contributed by atoms with van der Waals surface area (Å²) in [7, 11) is 2.10. The van der Waals surface area contributed by atoms with Gasteiger partial charge < -0.3 is 19.9 Å². The predicted molar refractivity (Wildman–Crippen MR) is 83.0 cm³/mol. The summed E-state index contributed by atoms with van der Waals surface area (Å²) in [5.41, 5.74) is 0.418. The van der Waals surface area contributed by atoms with E-state index in [2.05, 4.69) is 32.1 Å². The molecule has 7 nitrogen and oxygen atoms in total. The smallest absolute Gasteiger partial charge is 0.270 e. The van der Waals surface area contributed by atoms with Crippen molar-refractivity contribution >= 4 is 11.9 Å². The number of amides is 1. The Balaban J connectivity index is 1.59. The van der Waals surface area contributed by atoms with Crippen LogP contribution in [0.15, 0.2) is 12.3 Å². The first-order chi connectivity index (χ1) is 10.7. The summed E-state index contributed by atoms with van der Waals surface area (Å²) < 4.78 is 5.51. The quantitative estimate of drug-likeness (QED) is 0.853. The molecule has 2 aliphatic rings. The largest absolute Gasteiger partial charge is 0.376 e. The molecule has 1 unspecified atom stereocenters. The lowest BCUT2D eigenvalue weighted by molar-refractivity contribution is 0.0853. The minimum absolute atomic E-state index is 0.142. The fourth-order valence-electron chi connectivity index (χ4n) is 2.74. The highest BCUT2D eigenvalue weighted by Gasteiger charge is 2.19. The molecule has 22 heavy (non-hydrogen) atoms. The van der Waals surface area contributed by atoms with Crippen molar-refractivity contribution in [3.63, 3.8) is 0 Å². The van der Waals surface area contributed by atoms with Crippen LogP contribution < -0.4 is 10.2 Å². The van der Waals surface area contributed by atoms with Crippen LogP contribution in [0.3, 0.4) is 0 Å². The third-order valence-corrected chi connectivity index (χ3v) is 4.18. The van der Waals surface area contributed by atoms with Crippen molar-refractivity contribution in [3.05, 3.63) is 18.0 Å². The van der Waals surface area contributed by atoms with E-state index >= 15 is 0 Å². The maximum absolute atomic E-state index is 12.2. The van der Waals surface area contributed by atoms with Crippen molar-refractivity contribution in [1.29, 1.82) is 0 Å². The Morgan fingerprint density at radius 2 is 2.23 bits per heavy atom. The van der Waals surface area contributed by atoms with E-state index < -0.39 is 0 Å². The van der Waals surface area contributed by atoms with Crippen molar-refractivity contribution in [3.8, 4) is 0 Å². The van der Waals surface area contributed by atoms with Gasteiger partial charge in [0.2, 0.25) is 5.95 Å². The molecule has 0 saturated carbocycles. The second-order valence-electron chi connectivity index (χ2n) is 5.88. The summed E-state index contributed by atoms with van der Waals surface area (Å²) in [5, 5.41) is 2.90. The summed E-state index contributed by atoms with van der Waals surface area (Å²) in [6.45, 7) is 5.08. The van der Waals surface area contributed by atoms with Gasteiger partial charge in [-0.2, -0.15) is 0 Å². The van der Waals surface area contributed by atoms with Crippen LogP contribution in [0.1, 0.15) is 23.3 Å². The molecule has 1 N–H and O–H groups in total. The van der Waals surface area contributed by atoms with Gasteiger partial charge >= 0.3 is 0 Å². The average Bonchev–Trinajstić information content (AvgIpc) is 3.07. The van der Waals surface area contributed by atoms with E-state index in [0.29, 0.717) is 18.2 Å². The Bertz CT molecular complexity index is 510. The number of hydrogen-bond acceptors (Lipinski definition) is 6. The Kier molecular flexibility index (Phi) is 4.84. The van der Waals surface area contributed by atoms with Gasteiger partial charge in [-0.15, -0.1) is 0 Å². The Morgan fingerprint density at radius 3 is 2.95 bits per heavy atom. The standard InChI is InChI=1S/C15H23N5O2/c1-19-6-8-20(9-7-19)15-16-5-4-13(18-15)14(21)17-11-12-3-2-10-22-12/h4-5,12H,2-3,6-11H2,1H3,(H,17,21). The number of ether oxygens (including phenoxy) is 1. The number of nitrogens with zero attached hydrogens (tertiary/aromatic N) is 4. The number of carbonyl (C=O) groups is 1. The van der Waals surface area contributed by atoms with E-state index in [4.69, 9.17) is 4.74 Å². The van der Waals surface area contributed by atoms with E-state index in [1.807, 2.05) is 0 Å². The normalized spacial score (nSPS) is 22.8. The van der Waals surface area contributed by atoms with Crippen LogP contribution in [0.2, 0.25) is 0 Å². The molecule has 120 valence electrons. The van der Waals surface area contributed by atoms with E-state index in [1.54, 1.807) is 12.3 Å². The summed E-state index contributed by atoms with van der Waals surface area (Å²) in [6, 6.07) is 1.66. The molecule has 2 saturated heterocycles. The van der Waals surface area contributed by atoms with Crippen LogP contribution in [-0.2, 0) is 4.74 Å². The zero-order valence-corrected chi connectivity index (χ0v) is 13.0. The first kappa shape index (κ1) is 15.2. The van der Waals surface area contributed by atoms with Crippen LogP contribution in [0, 0.1) is 0 Å². The van der Waals surface area contributed by atoms with Gasteiger partial charge in [-0.25, -0.2) is 9.97 Å². The third-order valence-electron chi connectivity index (χ3n) is 4.18. The lowest BCUT2D eigenvalue weighted by Crippen LogP contribution is -2.45. The molecule has 1 aromatic heterocycles. The van der Waals surface area contributed by atoms with Crippen molar-refractivity contribution < 1.29 is 9.53 Å². The molecular weight excluding hydrogens is 282 g/mol. The molecule has 0 aromatic carbocycles. The minimum atomic E-state index is -0.159. The molecule has 2 aliphatic heterocycles. The fourth-order valence-corrected chi connectivity index (χ4v) is 2.74. The summed E-state index contributed by atoms with van der Waals surface area (Å²) >= 11 is 0. The number of rotatable bonds is 4. The van der Waals surface area contributed by atoms with Crippen molar-refractivity contribution in [2.75, 3.05) is 51.3 Å². The summed E-state index contributed by atoms with van der Waals surface area (Å²) in [5.74, 6) is 0.478. The van der Waals surface area contributed by atoms with Gasteiger partial charge in [0.1, 0.15) is 5.69 Å². The minimum Gasteiger partial charge on any atom is -0.376 e. The van der Waals surface area contributed by atoms with Gasteiger partial charge in [0.25, 0.3) is 5.91 Å². The van der Waals surface area contributed by atoms with Gasteiger partial charge in [-0.05, 0) is 26.0 Å². The van der Waals surface area contributed by atoms with Gasteiger partial charge in [0.15, 0.2) is 0 Å². The van der Waals surface area contributed by atoms with E-state index in [1.165, 1.54) is 0 Å². The first-order valence-electron chi connectivity index (χ1n) is 7.89. The molecule has 2 fully saturated rings. The predicted octanol–water partition coefficient (Wildman–Crippen LogP) is 0.137. The van der Waals surface area contributed by atoms with Crippen molar-refractivity contribution in [2.24, 2.45) is 0 Å². The van der Waals surface area contributed by atoms with E-state index in [9.17, 15) is 4.79 Å². The monoisotopic (exact) mass is 305 g/mol. The number of aromatic nitrogens is 2. The lowest BCUT2D eigenvalue weighted by Gasteiger charge is -2.32. The average molecular weight is 305 g/mol. The van der Waals surface area contributed by atoms with Crippen LogP contribution >= 0.6 is 0 Å². The Morgan fingerprint density at radius 1 is 1.41 bits per heavy atom. The molecule has 1 atom stereocenters. The molecule has 7 heteroatoms. The second kappa shape index (κ2) is 7.02. The van der Waals surface area contributed by atoms with Gasteiger partial charge in [-0.3, -0.25) is 4.79 Å². The molecule has 1 aromatic rings. The second-order valence-corrected chi connectivity index (χ2v) is 5.88. The van der Waals surface area contributed by atoms with E-state index in [0.717, 1.165) is 45.6 Å². The first-order valence-corrected chi connectivity index (χ1v) is 7.89. The van der Waals surface area contributed by atoms with Gasteiger partial charge in [0.05, 0.1) is 6.10 Å². The number of piperazine rings is 1. The van der Waals surface area contributed by atoms with Crippen molar-refractivity contribution in [2.45, 2.75) is 18.9 Å². The molecule has 0 spiro atoms. The molecular formula is C15H23N5O2. The van der Waals surface area contributed by atoms with Crippen LogP contribution in [-0.4, -0.2) is 73.3 Å². The molecule has 1 amide bonds. The summed E-state index contributed by atoms with van der Waals surface area (Å²) in [6.07, 6.45) is 3.88. The Labute approximate surface area is 130 Å². The third kappa shape index (κ3) is 3.72. The van der Waals surface area contributed by atoms with E-state index in [-0.39, 0.29) is 12.0 Å². The highest BCUT2D eigenvalue weighted by molar-refractivity contribution is 5.92. The highest BCUT2D eigenvalue weighted by Crippen LogP contribution is 2.12. The lowest BCUT2D eigenvalue weighted by atomic mass is 10.2. The number of carbonyl (C=O) groups excluding carboxylic acids is 1. The van der Waals surface area contributed by atoms with Crippen molar-refractivity contribution in [1.82, 2.24) is 20.2 Å². The zero-order valence-electron chi connectivity index (χ0n) is 13.0. The Hall–Kier alpha value is -1.73. The topological polar surface area (TPSA) is 70.6 Å². The molecule has 0 radical (unpaired) electrons. The number of anilines is 1. The van der Waals surface area contributed by atoms with Gasteiger partial charge in [-0.1, -0.05) is 0 Å². The van der Waals surface area contributed by atoms with Crippen LogP contribution in [0.25, 0.3) is 0 Å². The fraction of sp³-hybridized carbons (Fsp3) is 0.667. The maximum atomic E-state index is 12.2.